The number of carbonyl (C=O) groups is 2. The number of benzene rings is 1. The first-order chi connectivity index (χ1) is 17.1. The number of oxazole rings is 1. The molecule has 0 atom stereocenters. The lowest BCUT2D eigenvalue weighted by molar-refractivity contribution is -0.121. The van der Waals surface area contributed by atoms with Gasteiger partial charge in [0.2, 0.25) is 17.5 Å². The van der Waals surface area contributed by atoms with Crippen molar-refractivity contribution in [3.05, 3.63) is 42.3 Å². The van der Waals surface area contributed by atoms with Gasteiger partial charge < -0.3 is 28.5 Å². The summed E-state index contributed by atoms with van der Waals surface area (Å²) < 4.78 is 22.0. The van der Waals surface area contributed by atoms with Crippen molar-refractivity contribution in [3.8, 4) is 29.2 Å². The van der Waals surface area contributed by atoms with Gasteiger partial charge in [-0.15, -0.1) is 0 Å². The summed E-state index contributed by atoms with van der Waals surface area (Å²) >= 11 is 0. The molecule has 0 unspecified atom stereocenters. The summed E-state index contributed by atoms with van der Waals surface area (Å²) in [5.41, 5.74) is 0.667. The van der Waals surface area contributed by atoms with Crippen LogP contribution >= 0.6 is 0 Å². The second-order valence-corrected chi connectivity index (χ2v) is 7.89. The average Bonchev–Trinajstić information content (AvgIpc) is 3.54. The van der Waals surface area contributed by atoms with Gasteiger partial charge in [0, 0.05) is 37.9 Å². The maximum Gasteiger partial charge on any atom is 0.325 e. The normalized spacial score (nSPS) is 15.3. The van der Waals surface area contributed by atoms with Crippen molar-refractivity contribution in [1.82, 2.24) is 15.2 Å². The molecular formula is C23H22N6O6. The number of hydrogen-bond donors (Lipinski definition) is 2. The van der Waals surface area contributed by atoms with E-state index in [9.17, 15) is 14.9 Å². The summed E-state index contributed by atoms with van der Waals surface area (Å²) in [5.74, 6) is 1.79. The van der Waals surface area contributed by atoms with Crippen LogP contribution in [0.5, 0.6) is 11.5 Å². The molecule has 0 aliphatic carbocycles. The number of furan rings is 1. The van der Waals surface area contributed by atoms with Gasteiger partial charge in [-0.1, -0.05) is 0 Å². The Kier molecular flexibility index (Phi) is 6.23. The van der Waals surface area contributed by atoms with Gasteiger partial charge in [-0.25, -0.2) is 4.79 Å². The highest BCUT2D eigenvalue weighted by atomic mass is 16.6. The van der Waals surface area contributed by atoms with Gasteiger partial charge in [0.05, 0.1) is 12.8 Å². The molecule has 3 amide bonds. The van der Waals surface area contributed by atoms with Crippen LogP contribution in [0, 0.1) is 11.3 Å². The number of aromatic nitrogens is 1. The van der Waals surface area contributed by atoms with Crippen LogP contribution in [0.15, 0.2) is 45.4 Å². The summed E-state index contributed by atoms with van der Waals surface area (Å²) in [7, 11) is 0. The Morgan fingerprint density at radius 1 is 1.09 bits per heavy atom. The van der Waals surface area contributed by atoms with Crippen molar-refractivity contribution in [2.75, 3.05) is 56.2 Å². The Bertz CT molecular complexity index is 1260. The molecule has 0 radical (unpaired) electrons. The standard InChI is InChI=1S/C23H22N6O6/c24-13-16-22(35-21(26-16)18-2-1-9-32-18)29-7-5-28(6-8-29)14-20(30)27-23(31)25-15-3-4-17-19(12-15)34-11-10-33-17/h1-4,9,12H,5-8,10-11,14H2,(H2,25,27,30,31). The van der Waals surface area contributed by atoms with E-state index in [1.165, 1.54) is 6.26 Å². The van der Waals surface area contributed by atoms with Crippen molar-refractivity contribution < 1.29 is 27.9 Å². The third-order valence-electron chi connectivity index (χ3n) is 5.53. The van der Waals surface area contributed by atoms with Gasteiger partial charge in [-0.2, -0.15) is 10.2 Å². The van der Waals surface area contributed by atoms with Crippen molar-refractivity contribution in [2.45, 2.75) is 0 Å². The van der Waals surface area contributed by atoms with Crippen molar-refractivity contribution in [3.63, 3.8) is 0 Å². The first kappa shape index (κ1) is 22.3. The molecule has 0 spiro atoms. The Hall–Kier alpha value is -4.50. The van der Waals surface area contributed by atoms with E-state index in [4.69, 9.17) is 18.3 Å². The number of imide groups is 1. The number of rotatable bonds is 5. The molecule has 1 fully saturated rings. The zero-order valence-corrected chi connectivity index (χ0v) is 18.7. The van der Waals surface area contributed by atoms with E-state index < -0.39 is 11.9 Å². The summed E-state index contributed by atoms with van der Waals surface area (Å²) in [4.78, 5) is 32.6. The number of ether oxygens (including phenoxy) is 2. The summed E-state index contributed by atoms with van der Waals surface area (Å²) in [6.07, 6.45) is 1.51. The number of anilines is 2. The number of amides is 3. The first-order valence-electron chi connectivity index (χ1n) is 11.0. The molecule has 5 rings (SSSR count). The van der Waals surface area contributed by atoms with E-state index in [1.807, 2.05) is 9.80 Å². The number of nitrogens with zero attached hydrogens (tertiary/aromatic N) is 4. The number of carbonyl (C=O) groups excluding carboxylic acids is 2. The van der Waals surface area contributed by atoms with Gasteiger partial charge in [0.15, 0.2) is 17.3 Å². The molecule has 35 heavy (non-hydrogen) atoms. The molecule has 2 aliphatic rings. The van der Waals surface area contributed by atoms with Gasteiger partial charge >= 0.3 is 6.03 Å². The van der Waals surface area contributed by atoms with Gasteiger partial charge in [0.1, 0.15) is 19.3 Å². The molecule has 12 heteroatoms. The molecule has 2 N–H and O–H groups in total. The zero-order valence-electron chi connectivity index (χ0n) is 18.7. The Labute approximate surface area is 200 Å². The lowest BCUT2D eigenvalue weighted by Crippen LogP contribution is -2.50. The molecule has 2 aliphatic heterocycles. The van der Waals surface area contributed by atoms with E-state index in [-0.39, 0.29) is 18.1 Å². The highest BCUT2D eigenvalue weighted by molar-refractivity contribution is 6.01. The van der Waals surface area contributed by atoms with Crippen LogP contribution in [0.25, 0.3) is 11.7 Å². The molecule has 1 aromatic carbocycles. The van der Waals surface area contributed by atoms with E-state index in [0.717, 1.165) is 0 Å². The van der Waals surface area contributed by atoms with E-state index >= 15 is 0 Å². The molecule has 1 saturated heterocycles. The Morgan fingerprint density at radius 3 is 2.63 bits per heavy atom. The third kappa shape index (κ3) is 5.04. The largest absolute Gasteiger partial charge is 0.486 e. The van der Waals surface area contributed by atoms with E-state index in [0.29, 0.717) is 68.2 Å². The maximum absolute atomic E-state index is 12.4. The van der Waals surface area contributed by atoms with Gasteiger partial charge in [-0.05, 0) is 24.3 Å². The fourth-order valence-corrected chi connectivity index (χ4v) is 3.87. The van der Waals surface area contributed by atoms with Crippen LogP contribution in [0.2, 0.25) is 0 Å². The fraction of sp³-hybridized carbons (Fsp3) is 0.304. The Morgan fingerprint density at radius 2 is 1.89 bits per heavy atom. The van der Waals surface area contributed by atoms with Crippen molar-refractivity contribution in [1.29, 1.82) is 5.26 Å². The number of nitriles is 1. The SMILES string of the molecule is N#Cc1nc(-c2ccco2)oc1N1CCN(CC(=O)NC(=O)Nc2ccc3c(c2)OCCO3)CC1. The number of urea groups is 1. The monoisotopic (exact) mass is 478 g/mol. The number of piperazine rings is 1. The van der Waals surface area contributed by atoms with Crippen LogP contribution in [0.3, 0.4) is 0 Å². The van der Waals surface area contributed by atoms with Crippen molar-refractivity contribution >= 4 is 23.5 Å². The predicted octanol–water partition coefficient (Wildman–Crippen LogP) is 2.05. The summed E-state index contributed by atoms with van der Waals surface area (Å²) in [6, 6.07) is 9.87. The van der Waals surface area contributed by atoms with Crippen LogP contribution in [-0.4, -0.2) is 67.8 Å². The van der Waals surface area contributed by atoms with Crippen LogP contribution in [0.1, 0.15) is 5.69 Å². The minimum Gasteiger partial charge on any atom is -0.486 e. The molecule has 12 nitrogen and oxygen atoms in total. The topological polar surface area (TPSA) is 146 Å². The minimum atomic E-state index is -0.629. The van der Waals surface area contributed by atoms with Gasteiger partial charge in [-0.3, -0.25) is 15.0 Å². The fourth-order valence-electron chi connectivity index (χ4n) is 3.87. The van der Waals surface area contributed by atoms with Crippen LogP contribution < -0.4 is 25.0 Å². The number of fused-ring (bicyclic) bond motifs is 1. The van der Waals surface area contributed by atoms with Crippen LogP contribution in [0.4, 0.5) is 16.4 Å². The molecular weight excluding hydrogens is 456 g/mol. The summed E-state index contributed by atoms with van der Waals surface area (Å²) in [5, 5.41) is 14.4. The van der Waals surface area contributed by atoms with E-state index in [2.05, 4.69) is 21.7 Å². The molecule has 0 saturated carbocycles. The zero-order chi connectivity index (χ0) is 24.2. The number of hydrogen-bond acceptors (Lipinski definition) is 10. The highest BCUT2D eigenvalue weighted by Gasteiger charge is 2.26. The lowest BCUT2D eigenvalue weighted by Gasteiger charge is -2.33. The van der Waals surface area contributed by atoms with Crippen molar-refractivity contribution in [2.24, 2.45) is 0 Å². The van der Waals surface area contributed by atoms with E-state index in [1.54, 1.807) is 30.3 Å². The quantitative estimate of drug-likeness (QED) is 0.558. The number of nitrogens with one attached hydrogen (secondary N) is 2. The molecule has 4 heterocycles. The lowest BCUT2D eigenvalue weighted by atomic mass is 10.2. The molecule has 2 aromatic heterocycles. The predicted molar refractivity (Wildman–Crippen MR) is 122 cm³/mol. The molecule has 180 valence electrons. The average molecular weight is 478 g/mol. The molecule has 0 bridgehead atoms. The second-order valence-electron chi connectivity index (χ2n) is 7.89. The smallest absolute Gasteiger partial charge is 0.325 e. The molecule has 3 aromatic rings. The third-order valence-corrected chi connectivity index (χ3v) is 5.53. The Balaban J connectivity index is 1.11. The first-order valence-corrected chi connectivity index (χ1v) is 11.0. The summed E-state index contributed by atoms with van der Waals surface area (Å²) in [6.45, 7) is 3.11. The minimum absolute atomic E-state index is 0.0571. The maximum atomic E-state index is 12.4. The highest BCUT2D eigenvalue weighted by Crippen LogP contribution is 2.32. The van der Waals surface area contributed by atoms with Crippen LogP contribution in [-0.2, 0) is 4.79 Å². The van der Waals surface area contributed by atoms with Gasteiger partial charge in [0.25, 0.3) is 5.89 Å². The second kappa shape index (κ2) is 9.78.